The summed E-state index contributed by atoms with van der Waals surface area (Å²) in [6, 6.07) is 5.15. The van der Waals surface area contributed by atoms with Gasteiger partial charge in [0.15, 0.2) is 0 Å². The van der Waals surface area contributed by atoms with Gasteiger partial charge in [-0.05, 0) is 36.4 Å². The topological polar surface area (TPSA) is 26.0 Å². The Bertz CT molecular complexity index is 371. The van der Waals surface area contributed by atoms with Crippen LogP contribution in [0.5, 0.6) is 0 Å². The van der Waals surface area contributed by atoms with Crippen molar-refractivity contribution in [2.45, 2.75) is 12.6 Å². The summed E-state index contributed by atoms with van der Waals surface area (Å²) in [5.41, 5.74) is 5.53. The Kier molecular flexibility index (Phi) is 6.29. The van der Waals surface area contributed by atoms with Crippen LogP contribution in [0.15, 0.2) is 30.3 Å². The van der Waals surface area contributed by atoms with Crippen molar-refractivity contribution in [3.63, 3.8) is 0 Å². The first kappa shape index (κ1) is 15.1. The molecule has 0 saturated carbocycles. The van der Waals surface area contributed by atoms with Gasteiger partial charge in [-0.1, -0.05) is 24.3 Å². The van der Waals surface area contributed by atoms with E-state index in [1.54, 1.807) is 11.8 Å². The molecule has 1 aromatic carbocycles. The number of halogens is 3. The Hall–Kier alpha value is -0.940. The van der Waals surface area contributed by atoms with Gasteiger partial charge in [0.2, 0.25) is 0 Å². The Morgan fingerprint density at radius 2 is 1.83 bits per heavy atom. The molecule has 1 aromatic rings. The van der Waals surface area contributed by atoms with Crippen molar-refractivity contribution in [3.05, 3.63) is 41.5 Å². The van der Waals surface area contributed by atoms with Crippen LogP contribution in [0.25, 0.3) is 6.08 Å². The summed E-state index contributed by atoms with van der Waals surface area (Å²) in [5, 5.41) is 0. The van der Waals surface area contributed by atoms with Crippen LogP contribution in [-0.4, -0.2) is 18.1 Å². The van der Waals surface area contributed by atoms with Gasteiger partial charge in [0.25, 0.3) is 0 Å². The number of hydrogen-bond donors (Lipinski definition) is 1. The number of rotatable bonds is 6. The maximum atomic E-state index is 12.3. The van der Waals surface area contributed by atoms with Gasteiger partial charge in [-0.25, -0.2) is 0 Å². The Labute approximate surface area is 109 Å². The Balaban J connectivity index is 2.41. The minimum atomic E-state index is -4.26. The molecule has 0 aromatic heterocycles. The molecule has 2 N–H and O–H groups in total. The number of hydrogen-bond acceptors (Lipinski definition) is 2. The maximum Gasteiger partial charge on any atom is 0.416 e. The summed E-state index contributed by atoms with van der Waals surface area (Å²) in [7, 11) is 0. The molecule has 0 heterocycles. The number of alkyl halides is 3. The molecule has 1 rings (SSSR count). The molecule has 0 amide bonds. The average molecular weight is 275 g/mol. The quantitative estimate of drug-likeness (QED) is 0.799. The lowest BCUT2D eigenvalue weighted by Gasteiger charge is -2.05. The van der Waals surface area contributed by atoms with Crippen molar-refractivity contribution >= 4 is 17.8 Å². The van der Waals surface area contributed by atoms with Crippen molar-refractivity contribution in [1.29, 1.82) is 0 Å². The number of nitrogens with two attached hydrogens (primary N) is 1. The van der Waals surface area contributed by atoms with E-state index < -0.39 is 11.7 Å². The van der Waals surface area contributed by atoms with Crippen LogP contribution in [0.3, 0.4) is 0 Å². The second-order valence-electron chi connectivity index (χ2n) is 3.74. The van der Waals surface area contributed by atoms with Crippen LogP contribution in [0.1, 0.15) is 17.5 Å². The highest BCUT2D eigenvalue weighted by Crippen LogP contribution is 2.29. The number of benzene rings is 1. The van der Waals surface area contributed by atoms with Gasteiger partial charge in [-0.3, -0.25) is 0 Å². The monoisotopic (exact) mass is 275 g/mol. The molecule has 0 atom stereocenters. The maximum absolute atomic E-state index is 12.3. The molecule has 0 unspecified atom stereocenters. The summed E-state index contributed by atoms with van der Waals surface area (Å²) in [4.78, 5) is 0. The molecule has 1 nitrogen and oxygen atoms in total. The third-order valence-electron chi connectivity index (χ3n) is 2.26. The molecule has 100 valence electrons. The van der Waals surface area contributed by atoms with Crippen molar-refractivity contribution in [2.75, 3.05) is 18.1 Å². The molecule has 0 aliphatic carbocycles. The summed E-state index contributed by atoms with van der Waals surface area (Å²) in [6.07, 6.45) is 0.498. The van der Waals surface area contributed by atoms with Crippen molar-refractivity contribution < 1.29 is 13.2 Å². The van der Waals surface area contributed by atoms with Gasteiger partial charge in [0, 0.05) is 5.75 Å². The van der Waals surface area contributed by atoms with Gasteiger partial charge in [-0.15, -0.1) is 0 Å². The van der Waals surface area contributed by atoms with Crippen LogP contribution >= 0.6 is 11.8 Å². The zero-order valence-electron chi connectivity index (χ0n) is 9.91. The van der Waals surface area contributed by atoms with E-state index in [4.69, 9.17) is 5.73 Å². The van der Waals surface area contributed by atoms with Gasteiger partial charge in [-0.2, -0.15) is 24.9 Å². The Morgan fingerprint density at radius 1 is 1.17 bits per heavy atom. The molecule has 0 bridgehead atoms. The minimum Gasteiger partial charge on any atom is -0.330 e. The highest BCUT2D eigenvalue weighted by atomic mass is 32.2. The fourth-order valence-corrected chi connectivity index (χ4v) is 2.07. The molecule has 0 fully saturated rings. The highest BCUT2D eigenvalue weighted by Gasteiger charge is 2.29. The van der Waals surface area contributed by atoms with Crippen LogP contribution in [0.4, 0.5) is 13.2 Å². The lowest BCUT2D eigenvalue weighted by atomic mass is 10.1. The first-order valence-electron chi connectivity index (χ1n) is 5.65. The lowest BCUT2D eigenvalue weighted by molar-refractivity contribution is -0.137. The van der Waals surface area contributed by atoms with Gasteiger partial charge in [0.1, 0.15) is 0 Å². The SMILES string of the molecule is NCCCSCC=Cc1ccc(C(F)(F)F)cc1. The van der Waals surface area contributed by atoms with Crippen LogP contribution in [-0.2, 0) is 6.18 Å². The lowest BCUT2D eigenvalue weighted by Crippen LogP contribution is -2.03. The van der Waals surface area contributed by atoms with Crippen LogP contribution in [0, 0.1) is 0 Å². The van der Waals surface area contributed by atoms with E-state index in [-0.39, 0.29) is 0 Å². The standard InChI is InChI=1S/C13H16F3NS/c14-13(15,16)12-6-4-11(5-7-12)3-1-9-18-10-2-8-17/h1,3-7H,2,8-10,17H2. The molecule has 5 heteroatoms. The predicted molar refractivity (Wildman–Crippen MR) is 71.5 cm³/mol. The van der Waals surface area contributed by atoms with E-state index in [1.807, 2.05) is 12.2 Å². The molecular formula is C13H16F3NS. The fourth-order valence-electron chi connectivity index (χ4n) is 1.30. The zero-order chi connectivity index (χ0) is 13.4. The highest BCUT2D eigenvalue weighted by molar-refractivity contribution is 7.99. The molecule has 18 heavy (non-hydrogen) atoms. The van der Waals surface area contributed by atoms with Crippen molar-refractivity contribution in [3.8, 4) is 0 Å². The van der Waals surface area contributed by atoms with Crippen molar-refractivity contribution in [2.24, 2.45) is 5.73 Å². The van der Waals surface area contributed by atoms with E-state index >= 15 is 0 Å². The molecule has 0 saturated heterocycles. The third kappa shape index (κ3) is 5.60. The Morgan fingerprint density at radius 3 is 2.39 bits per heavy atom. The number of thioether (sulfide) groups is 1. The van der Waals surface area contributed by atoms with Crippen LogP contribution in [0.2, 0.25) is 0 Å². The summed E-state index contributed by atoms with van der Waals surface area (Å²) < 4.78 is 36.9. The second kappa shape index (κ2) is 7.48. The third-order valence-corrected chi connectivity index (χ3v) is 3.26. The zero-order valence-corrected chi connectivity index (χ0v) is 10.7. The van der Waals surface area contributed by atoms with Gasteiger partial charge >= 0.3 is 6.18 Å². The fraction of sp³-hybridized carbons (Fsp3) is 0.385. The molecular weight excluding hydrogens is 259 g/mol. The smallest absolute Gasteiger partial charge is 0.330 e. The molecule has 0 spiro atoms. The normalized spacial score (nSPS) is 12.2. The average Bonchev–Trinajstić information content (AvgIpc) is 2.33. The largest absolute Gasteiger partial charge is 0.416 e. The first-order chi connectivity index (χ1) is 8.54. The van der Waals surface area contributed by atoms with E-state index in [2.05, 4.69) is 0 Å². The van der Waals surface area contributed by atoms with Crippen LogP contribution < -0.4 is 5.73 Å². The van der Waals surface area contributed by atoms with Crippen molar-refractivity contribution in [1.82, 2.24) is 0 Å². The minimum absolute atomic E-state index is 0.614. The van der Waals surface area contributed by atoms with Gasteiger partial charge < -0.3 is 5.73 Å². The van der Waals surface area contributed by atoms with E-state index in [0.29, 0.717) is 6.54 Å². The summed E-state index contributed by atoms with van der Waals surface area (Å²) in [5.74, 6) is 1.86. The summed E-state index contributed by atoms with van der Waals surface area (Å²) >= 11 is 1.76. The summed E-state index contributed by atoms with van der Waals surface area (Å²) in [6.45, 7) is 0.690. The predicted octanol–water partition coefficient (Wildman–Crippen LogP) is 3.80. The van der Waals surface area contributed by atoms with E-state index in [0.717, 1.165) is 35.6 Å². The van der Waals surface area contributed by atoms with E-state index in [1.165, 1.54) is 12.1 Å². The molecule has 0 radical (unpaired) electrons. The first-order valence-corrected chi connectivity index (χ1v) is 6.81. The van der Waals surface area contributed by atoms with Gasteiger partial charge in [0.05, 0.1) is 5.56 Å². The molecule has 0 aliphatic rings. The molecule has 0 aliphatic heterocycles. The van der Waals surface area contributed by atoms with E-state index in [9.17, 15) is 13.2 Å². The second-order valence-corrected chi connectivity index (χ2v) is 4.89.